The van der Waals surface area contributed by atoms with Gasteiger partial charge in [-0.3, -0.25) is 14.6 Å². The molecule has 1 N–H and O–H groups in total. The molecule has 0 unspecified atom stereocenters. The van der Waals surface area contributed by atoms with Crippen LogP contribution < -0.4 is 5.32 Å². The number of carbonyl (C=O) groups excluding carboxylic acids is 2. The van der Waals surface area contributed by atoms with Crippen LogP contribution in [0.2, 0.25) is 0 Å². The summed E-state index contributed by atoms with van der Waals surface area (Å²) in [6.07, 6.45) is 6.88. The van der Waals surface area contributed by atoms with Gasteiger partial charge in [0.15, 0.2) is 0 Å². The molecule has 1 saturated heterocycles. The number of hydrogen-bond donors (Lipinski definition) is 1. The highest BCUT2D eigenvalue weighted by Gasteiger charge is 2.27. The predicted molar refractivity (Wildman–Crippen MR) is 99.6 cm³/mol. The van der Waals surface area contributed by atoms with E-state index in [0.717, 1.165) is 37.1 Å². The van der Waals surface area contributed by atoms with Crippen LogP contribution in [0.4, 0.5) is 0 Å². The molecule has 2 heterocycles. The van der Waals surface area contributed by atoms with Crippen LogP contribution in [0, 0.1) is 5.92 Å². The van der Waals surface area contributed by atoms with Crippen LogP contribution in [0.25, 0.3) is 6.08 Å². The van der Waals surface area contributed by atoms with Gasteiger partial charge in [-0.1, -0.05) is 32.4 Å². The fourth-order valence-corrected chi connectivity index (χ4v) is 3.24. The lowest BCUT2D eigenvalue weighted by atomic mass is 9.97. The van der Waals surface area contributed by atoms with Crippen molar-refractivity contribution in [3.8, 4) is 0 Å². The maximum Gasteiger partial charge on any atom is 0.222 e. The number of nitrogens with one attached hydrogen (secondary N) is 1. The van der Waals surface area contributed by atoms with Crippen molar-refractivity contribution in [3.05, 3.63) is 36.2 Å². The van der Waals surface area contributed by atoms with Gasteiger partial charge in [0.2, 0.25) is 11.8 Å². The number of nitrogens with zero attached hydrogens (tertiary/aromatic N) is 2. The zero-order valence-electron chi connectivity index (χ0n) is 15.3. The molecule has 0 aliphatic carbocycles. The lowest BCUT2D eigenvalue weighted by molar-refractivity contribution is -0.130. The topological polar surface area (TPSA) is 62.3 Å². The first kappa shape index (κ1) is 19.2. The quantitative estimate of drug-likeness (QED) is 0.701. The van der Waals surface area contributed by atoms with Gasteiger partial charge in [0.1, 0.15) is 0 Å². The Morgan fingerprint density at radius 3 is 2.88 bits per heavy atom. The molecule has 0 radical (unpaired) electrons. The Bertz CT molecular complexity index is 615. The molecule has 5 heteroatoms. The average molecular weight is 343 g/mol. The van der Waals surface area contributed by atoms with Gasteiger partial charge < -0.3 is 10.2 Å². The zero-order valence-corrected chi connectivity index (χ0v) is 15.3. The summed E-state index contributed by atoms with van der Waals surface area (Å²) < 4.78 is 0. The third kappa shape index (κ3) is 6.00. The van der Waals surface area contributed by atoms with Crippen LogP contribution in [0.15, 0.2) is 24.8 Å². The molecule has 1 aromatic rings. The highest BCUT2D eigenvalue weighted by molar-refractivity contribution is 5.78. The molecule has 2 rings (SSSR count). The molecule has 25 heavy (non-hydrogen) atoms. The minimum absolute atomic E-state index is 0.147. The number of rotatable bonds is 9. The van der Waals surface area contributed by atoms with Gasteiger partial charge in [-0.2, -0.15) is 0 Å². The van der Waals surface area contributed by atoms with E-state index >= 15 is 0 Å². The first-order valence-electron chi connectivity index (χ1n) is 9.11. The van der Waals surface area contributed by atoms with Crippen LogP contribution in [-0.2, 0) is 16.1 Å². The summed E-state index contributed by atoms with van der Waals surface area (Å²) in [5.74, 6) is 0.746. The molecule has 1 fully saturated rings. The van der Waals surface area contributed by atoms with Crippen LogP contribution in [0.1, 0.15) is 56.8 Å². The van der Waals surface area contributed by atoms with Crippen LogP contribution >= 0.6 is 0 Å². The Labute approximate surface area is 150 Å². The van der Waals surface area contributed by atoms with Gasteiger partial charge in [0, 0.05) is 25.9 Å². The molecule has 0 spiro atoms. The summed E-state index contributed by atoms with van der Waals surface area (Å²) in [5.41, 5.74) is 1.70. The number of aromatic nitrogens is 1. The summed E-state index contributed by atoms with van der Waals surface area (Å²) in [5, 5.41) is 3.03. The fourth-order valence-electron chi connectivity index (χ4n) is 3.24. The molecular formula is C20H29N3O2. The Morgan fingerprint density at radius 2 is 2.20 bits per heavy atom. The SMILES string of the molecule is C=Cc1cccc(CN(C)C(=O)CCCCC[C@H]2NC(=O)C[C@H]2C)n1. The smallest absolute Gasteiger partial charge is 0.222 e. The lowest BCUT2D eigenvalue weighted by Gasteiger charge is -2.17. The molecule has 1 aliphatic rings. The van der Waals surface area contributed by atoms with Crippen molar-refractivity contribution in [2.24, 2.45) is 5.92 Å². The maximum absolute atomic E-state index is 12.2. The molecule has 136 valence electrons. The standard InChI is InChI=1S/C20H29N3O2/c1-4-16-9-8-10-17(21-16)14-23(3)20(25)12-7-5-6-11-18-15(2)13-19(24)22-18/h4,8-10,15,18H,1,5-7,11-14H2,2-3H3,(H,22,24)/t15-,18-/m1/s1. The molecule has 1 aromatic heterocycles. The minimum Gasteiger partial charge on any atom is -0.353 e. The number of pyridine rings is 1. The van der Waals surface area contributed by atoms with Gasteiger partial charge in [0.05, 0.1) is 17.9 Å². The number of carbonyl (C=O) groups is 2. The summed E-state index contributed by atoms with van der Waals surface area (Å²) in [6.45, 7) is 6.36. The highest BCUT2D eigenvalue weighted by atomic mass is 16.2. The van der Waals surface area contributed by atoms with Gasteiger partial charge in [-0.05, 0) is 37.0 Å². The molecule has 2 amide bonds. The molecule has 0 bridgehead atoms. The third-order valence-corrected chi connectivity index (χ3v) is 4.81. The molecule has 0 aromatic carbocycles. The zero-order chi connectivity index (χ0) is 18.2. The van der Waals surface area contributed by atoms with E-state index in [2.05, 4.69) is 23.8 Å². The van der Waals surface area contributed by atoms with E-state index in [1.54, 1.807) is 11.0 Å². The van der Waals surface area contributed by atoms with Crippen molar-refractivity contribution in [2.75, 3.05) is 7.05 Å². The number of amides is 2. The lowest BCUT2D eigenvalue weighted by Crippen LogP contribution is -2.28. The van der Waals surface area contributed by atoms with Crippen molar-refractivity contribution in [1.29, 1.82) is 0 Å². The van der Waals surface area contributed by atoms with Crippen LogP contribution in [0.5, 0.6) is 0 Å². The summed E-state index contributed by atoms with van der Waals surface area (Å²) >= 11 is 0. The monoisotopic (exact) mass is 343 g/mol. The first-order valence-corrected chi connectivity index (χ1v) is 9.11. The average Bonchev–Trinajstić information content (AvgIpc) is 2.92. The van der Waals surface area contributed by atoms with Crippen LogP contribution in [0.3, 0.4) is 0 Å². The van der Waals surface area contributed by atoms with E-state index in [9.17, 15) is 9.59 Å². The fraction of sp³-hybridized carbons (Fsp3) is 0.550. The van der Waals surface area contributed by atoms with Gasteiger partial charge >= 0.3 is 0 Å². The Balaban J connectivity index is 1.64. The van der Waals surface area contributed by atoms with Crippen molar-refractivity contribution < 1.29 is 9.59 Å². The summed E-state index contributed by atoms with van der Waals surface area (Å²) in [7, 11) is 1.82. The van der Waals surface area contributed by atoms with E-state index in [-0.39, 0.29) is 11.8 Å². The second-order valence-corrected chi connectivity index (χ2v) is 6.96. The molecule has 0 saturated carbocycles. The Hall–Kier alpha value is -2.17. The van der Waals surface area contributed by atoms with Crippen molar-refractivity contribution >= 4 is 17.9 Å². The van der Waals surface area contributed by atoms with E-state index in [1.165, 1.54) is 0 Å². The second kappa shape index (κ2) is 9.35. The Morgan fingerprint density at radius 1 is 1.40 bits per heavy atom. The van der Waals surface area contributed by atoms with E-state index in [1.807, 2.05) is 25.2 Å². The van der Waals surface area contributed by atoms with Crippen LogP contribution in [-0.4, -0.2) is 34.8 Å². The largest absolute Gasteiger partial charge is 0.353 e. The first-order chi connectivity index (χ1) is 12.0. The number of unbranched alkanes of at least 4 members (excludes halogenated alkanes) is 2. The third-order valence-electron chi connectivity index (χ3n) is 4.81. The van der Waals surface area contributed by atoms with E-state index < -0.39 is 0 Å². The summed E-state index contributed by atoms with van der Waals surface area (Å²) in [4.78, 5) is 29.7. The van der Waals surface area contributed by atoms with E-state index in [0.29, 0.717) is 31.3 Å². The second-order valence-electron chi connectivity index (χ2n) is 6.96. The van der Waals surface area contributed by atoms with E-state index in [4.69, 9.17) is 0 Å². The van der Waals surface area contributed by atoms with Gasteiger partial charge in [0.25, 0.3) is 0 Å². The van der Waals surface area contributed by atoms with Gasteiger partial charge in [-0.25, -0.2) is 0 Å². The minimum atomic E-state index is 0.147. The van der Waals surface area contributed by atoms with Gasteiger partial charge in [-0.15, -0.1) is 0 Å². The van der Waals surface area contributed by atoms with Crippen molar-refractivity contribution in [1.82, 2.24) is 15.2 Å². The molecular weight excluding hydrogens is 314 g/mol. The molecule has 2 atom stereocenters. The maximum atomic E-state index is 12.2. The van der Waals surface area contributed by atoms with Crippen molar-refractivity contribution in [2.45, 2.75) is 58.0 Å². The molecule has 1 aliphatic heterocycles. The normalized spacial score (nSPS) is 19.5. The Kier molecular flexibility index (Phi) is 7.16. The predicted octanol–water partition coefficient (Wildman–Crippen LogP) is 3.16. The number of hydrogen-bond acceptors (Lipinski definition) is 3. The summed E-state index contributed by atoms with van der Waals surface area (Å²) in [6, 6.07) is 6.06. The van der Waals surface area contributed by atoms with Crippen molar-refractivity contribution in [3.63, 3.8) is 0 Å². The highest BCUT2D eigenvalue weighted by Crippen LogP contribution is 2.20. The molecule has 5 nitrogen and oxygen atoms in total.